The lowest BCUT2D eigenvalue weighted by molar-refractivity contribution is -0.142. The van der Waals surface area contributed by atoms with Crippen molar-refractivity contribution in [1.29, 1.82) is 0 Å². The Kier molecular flexibility index (Phi) is 3.99. The maximum atomic E-state index is 11.7. The van der Waals surface area contributed by atoms with Crippen LogP contribution in [0.4, 0.5) is 4.79 Å². The molecule has 2 atom stereocenters. The Morgan fingerprint density at radius 3 is 2.74 bits per heavy atom. The lowest BCUT2D eigenvalue weighted by atomic mass is 10.2. The first-order valence-corrected chi connectivity index (χ1v) is 6.75. The van der Waals surface area contributed by atoms with E-state index in [1.807, 2.05) is 20.8 Å². The molecule has 6 nitrogen and oxygen atoms in total. The van der Waals surface area contributed by atoms with Gasteiger partial charge in [0.25, 0.3) is 0 Å². The van der Waals surface area contributed by atoms with Crippen molar-refractivity contribution >= 4 is 12.1 Å². The Balaban J connectivity index is 1.79. The van der Waals surface area contributed by atoms with Gasteiger partial charge in [-0.15, -0.1) is 0 Å². The van der Waals surface area contributed by atoms with Crippen molar-refractivity contribution in [3.05, 3.63) is 0 Å². The van der Waals surface area contributed by atoms with Crippen LogP contribution in [0.25, 0.3) is 0 Å². The van der Waals surface area contributed by atoms with E-state index in [1.54, 1.807) is 0 Å². The molecule has 1 unspecified atom stereocenters. The number of nitrogens with zero attached hydrogens (tertiary/aromatic N) is 1. The van der Waals surface area contributed by atoms with Gasteiger partial charge in [0, 0.05) is 25.6 Å². The molecule has 0 spiro atoms. The molecule has 0 bridgehead atoms. The van der Waals surface area contributed by atoms with Crippen molar-refractivity contribution in [1.82, 2.24) is 10.2 Å². The minimum Gasteiger partial charge on any atom is -0.464 e. The third-order valence-corrected chi connectivity index (χ3v) is 3.29. The second-order valence-electron chi connectivity index (χ2n) is 6.10. The summed E-state index contributed by atoms with van der Waals surface area (Å²) in [6, 6.07) is -0.0892. The molecule has 6 heteroatoms. The average molecular weight is 270 g/mol. The molecular formula is C13H22N2O4. The van der Waals surface area contributed by atoms with Gasteiger partial charge in [0.2, 0.25) is 0 Å². The zero-order valence-corrected chi connectivity index (χ0v) is 11.8. The molecule has 1 N–H and O–H groups in total. The number of likely N-dealkylation sites (tertiary alicyclic amines) is 1. The van der Waals surface area contributed by atoms with Gasteiger partial charge in [-0.05, 0) is 27.2 Å². The maximum absolute atomic E-state index is 11.7. The summed E-state index contributed by atoms with van der Waals surface area (Å²) in [7, 11) is 0. The molecule has 2 aliphatic heterocycles. The SMILES string of the molecule is CC(C)(C)OC(=O)NC1CCN([C@H]2CCOC2=O)C1. The quantitative estimate of drug-likeness (QED) is 0.755. The van der Waals surface area contributed by atoms with Crippen molar-refractivity contribution in [2.24, 2.45) is 0 Å². The minimum absolute atomic E-state index is 0.0447. The number of ether oxygens (including phenoxy) is 2. The molecule has 0 aromatic heterocycles. The molecule has 2 aliphatic rings. The monoisotopic (exact) mass is 270 g/mol. The second-order valence-corrected chi connectivity index (χ2v) is 6.10. The van der Waals surface area contributed by atoms with Gasteiger partial charge in [-0.25, -0.2) is 4.79 Å². The number of hydrogen-bond acceptors (Lipinski definition) is 5. The van der Waals surface area contributed by atoms with Crippen molar-refractivity contribution in [2.45, 2.75) is 51.3 Å². The van der Waals surface area contributed by atoms with E-state index in [0.29, 0.717) is 13.2 Å². The lowest BCUT2D eigenvalue weighted by Crippen LogP contribution is -2.43. The van der Waals surface area contributed by atoms with Gasteiger partial charge in [-0.2, -0.15) is 0 Å². The molecule has 0 saturated carbocycles. The van der Waals surface area contributed by atoms with Crippen molar-refractivity contribution in [2.75, 3.05) is 19.7 Å². The van der Waals surface area contributed by atoms with Crippen LogP contribution in [0, 0.1) is 0 Å². The van der Waals surface area contributed by atoms with Crippen LogP contribution in [-0.2, 0) is 14.3 Å². The number of nitrogens with one attached hydrogen (secondary N) is 1. The molecule has 2 heterocycles. The molecule has 0 aliphatic carbocycles. The lowest BCUT2D eigenvalue weighted by Gasteiger charge is -2.23. The van der Waals surface area contributed by atoms with E-state index >= 15 is 0 Å². The number of cyclic esters (lactones) is 1. The first-order valence-electron chi connectivity index (χ1n) is 6.75. The van der Waals surface area contributed by atoms with Crippen LogP contribution in [0.3, 0.4) is 0 Å². The number of alkyl carbamates (subject to hydrolysis) is 1. The van der Waals surface area contributed by atoms with Crippen LogP contribution in [0.15, 0.2) is 0 Å². The number of esters is 1. The Labute approximate surface area is 113 Å². The van der Waals surface area contributed by atoms with Crippen LogP contribution in [0.1, 0.15) is 33.6 Å². The average Bonchev–Trinajstić information content (AvgIpc) is 2.83. The Morgan fingerprint density at radius 1 is 1.42 bits per heavy atom. The molecule has 0 radical (unpaired) electrons. The van der Waals surface area contributed by atoms with E-state index in [1.165, 1.54) is 0 Å². The molecule has 19 heavy (non-hydrogen) atoms. The van der Waals surface area contributed by atoms with Crippen LogP contribution < -0.4 is 5.32 Å². The van der Waals surface area contributed by atoms with Gasteiger partial charge in [0.1, 0.15) is 11.6 Å². The van der Waals surface area contributed by atoms with E-state index in [9.17, 15) is 9.59 Å². The second kappa shape index (κ2) is 5.36. The van der Waals surface area contributed by atoms with Crippen LogP contribution in [-0.4, -0.2) is 54.3 Å². The third-order valence-electron chi connectivity index (χ3n) is 3.29. The van der Waals surface area contributed by atoms with Crippen LogP contribution >= 0.6 is 0 Å². The highest BCUT2D eigenvalue weighted by molar-refractivity contribution is 5.77. The molecular weight excluding hydrogens is 248 g/mol. The molecule has 0 aromatic rings. The predicted molar refractivity (Wildman–Crippen MR) is 68.7 cm³/mol. The molecule has 2 fully saturated rings. The summed E-state index contributed by atoms with van der Waals surface area (Å²) in [6.07, 6.45) is 1.19. The summed E-state index contributed by atoms with van der Waals surface area (Å²) in [5, 5.41) is 2.85. The standard InChI is InChI=1S/C13H22N2O4/c1-13(2,3)19-12(17)14-9-4-6-15(8-9)10-5-7-18-11(10)16/h9-10H,4-8H2,1-3H3,(H,14,17)/t9?,10-/m0/s1. The van der Waals surface area contributed by atoms with Gasteiger partial charge >= 0.3 is 12.1 Å². The van der Waals surface area contributed by atoms with E-state index < -0.39 is 11.7 Å². The highest BCUT2D eigenvalue weighted by Gasteiger charge is 2.37. The van der Waals surface area contributed by atoms with Gasteiger partial charge in [0.15, 0.2) is 0 Å². The molecule has 1 amide bonds. The van der Waals surface area contributed by atoms with Crippen LogP contribution in [0.5, 0.6) is 0 Å². The summed E-state index contributed by atoms with van der Waals surface area (Å²) >= 11 is 0. The van der Waals surface area contributed by atoms with E-state index in [4.69, 9.17) is 9.47 Å². The first-order chi connectivity index (χ1) is 8.85. The smallest absolute Gasteiger partial charge is 0.407 e. The largest absolute Gasteiger partial charge is 0.464 e. The normalized spacial score (nSPS) is 28.3. The van der Waals surface area contributed by atoms with E-state index in [2.05, 4.69) is 10.2 Å². The Hall–Kier alpha value is -1.30. The van der Waals surface area contributed by atoms with Gasteiger partial charge in [0.05, 0.1) is 6.61 Å². The van der Waals surface area contributed by atoms with Crippen LogP contribution in [0.2, 0.25) is 0 Å². The Morgan fingerprint density at radius 2 is 2.16 bits per heavy atom. The highest BCUT2D eigenvalue weighted by Crippen LogP contribution is 2.20. The summed E-state index contributed by atoms with van der Waals surface area (Å²) in [6.45, 7) is 7.50. The number of carbonyl (C=O) groups is 2. The zero-order valence-electron chi connectivity index (χ0n) is 11.8. The highest BCUT2D eigenvalue weighted by atomic mass is 16.6. The molecule has 2 saturated heterocycles. The molecule has 108 valence electrons. The number of hydrogen-bond donors (Lipinski definition) is 1. The van der Waals surface area contributed by atoms with E-state index in [-0.39, 0.29) is 18.1 Å². The topological polar surface area (TPSA) is 67.9 Å². The van der Waals surface area contributed by atoms with Crippen molar-refractivity contribution < 1.29 is 19.1 Å². The summed E-state index contributed by atoms with van der Waals surface area (Å²) in [5.41, 5.74) is -0.488. The number of amides is 1. The fourth-order valence-corrected chi connectivity index (χ4v) is 2.48. The summed E-state index contributed by atoms with van der Waals surface area (Å²) in [5.74, 6) is -0.141. The fraction of sp³-hybridized carbons (Fsp3) is 0.846. The molecule has 2 rings (SSSR count). The Bertz CT molecular complexity index is 364. The zero-order chi connectivity index (χ0) is 14.0. The third kappa shape index (κ3) is 3.83. The van der Waals surface area contributed by atoms with Crippen molar-refractivity contribution in [3.8, 4) is 0 Å². The summed E-state index contributed by atoms with van der Waals surface area (Å²) < 4.78 is 10.2. The minimum atomic E-state index is -0.488. The van der Waals surface area contributed by atoms with Crippen molar-refractivity contribution in [3.63, 3.8) is 0 Å². The van der Waals surface area contributed by atoms with E-state index in [0.717, 1.165) is 19.4 Å². The van der Waals surface area contributed by atoms with Gasteiger partial charge < -0.3 is 14.8 Å². The number of carbonyl (C=O) groups excluding carboxylic acids is 2. The van der Waals surface area contributed by atoms with Gasteiger partial charge in [-0.1, -0.05) is 0 Å². The maximum Gasteiger partial charge on any atom is 0.407 e. The fourth-order valence-electron chi connectivity index (χ4n) is 2.48. The predicted octanol–water partition coefficient (Wildman–Crippen LogP) is 0.901. The molecule has 0 aromatic carbocycles. The first kappa shape index (κ1) is 14.1. The van der Waals surface area contributed by atoms with Gasteiger partial charge in [-0.3, -0.25) is 9.69 Å². The number of rotatable bonds is 2. The summed E-state index contributed by atoms with van der Waals surface area (Å²) in [4.78, 5) is 25.2.